The summed E-state index contributed by atoms with van der Waals surface area (Å²) in [6, 6.07) is 29.7. The van der Waals surface area contributed by atoms with E-state index in [1.165, 1.54) is 12.4 Å². The molecule has 70 heavy (non-hydrogen) atoms. The van der Waals surface area contributed by atoms with Crippen LogP contribution in [-0.4, -0.2) is 70.8 Å². The van der Waals surface area contributed by atoms with Crippen LogP contribution in [0.2, 0.25) is 0 Å². The minimum Gasteiger partial charge on any atom is -0.496 e. The molecule has 2 aromatic carbocycles. The Labute approximate surface area is 410 Å². The second kappa shape index (κ2) is 21.5. The lowest BCUT2D eigenvalue weighted by Gasteiger charge is -2.16. The summed E-state index contributed by atoms with van der Waals surface area (Å²) in [6.07, 6.45) is 9.84. The van der Waals surface area contributed by atoms with E-state index in [1.54, 1.807) is 60.3 Å². The molecule has 10 aromatic rings. The second-order valence-electron chi connectivity index (χ2n) is 16.0. The summed E-state index contributed by atoms with van der Waals surface area (Å²) in [4.78, 5) is 43.1. The van der Waals surface area contributed by atoms with Crippen LogP contribution in [0.25, 0.3) is 55.2 Å². The van der Waals surface area contributed by atoms with Crippen LogP contribution < -0.4 is 26.1 Å². The lowest BCUT2D eigenvalue weighted by molar-refractivity contribution is 0.393. The molecule has 352 valence electrons. The van der Waals surface area contributed by atoms with Crippen molar-refractivity contribution in [3.8, 4) is 44.9 Å². The normalized spacial score (nSPS) is 10.9. The summed E-state index contributed by atoms with van der Waals surface area (Å²) in [5.74, 6) is 2.72. The van der Waals surface area contributed by atoms with Crippen molar-refractivity contribution in [3.63, 3.8) is 0 Å². The molecule has 8 heterocycles. The molecule has 0 spiro atoms. The molecule has 0 aliphatic carbocycles. The summed E-state index contributed by atoms with van der Waals surface area (Å²) >= 11 is 3.40. The van der Waals surface area contributed by atoms with Crippen LogP contribution in [0.15, 0.2) is 157 Å². The largest absolute Gasteiger partial charge is 0.496 e. The average molecular weight is 1000 g/mol. The molecule has 0 aliphatic heterocycles. The van der Waals surface area contributed by atoms with E-state index >= 15 is 0 Å². The third kappa shape index (κ3) is 10.3. The Morgan fingerprint density at radius 3 is 1.46 bits per heavy atom. The molecule has 0 amide bonds. The van der Waals surface area contributed by atoms with Crippen molar-refractivity contribution in [2.45, 2.75) is 40.8 Å². The van der Waals surface area contributed by atoms with Gasteiger partial charge in [0, 0.05) is 71.4 Å². The van der Waals surface area contributed by atoms with Crippen LogP contribution in [0.5, 0.6) is 11.5 Å². The maximum absolute atomic E-state index is 13.7. The lowest BCUT2D eigenvalue weighted by Crippen LogP contribution is -2.29. The van der Waals surface area contributed by atoms with Gasteiger partial charge in [-0.1, -0.05) is 22.4 Å². The molecule has 10 rings (SSSR count). The minimum absolute atomic E-state index is 0.105. The number of ether oxygens (including phenoxy) is 2. The van der Waals surface area contributed by atoms with E-state index in [0.29, 0.717) is 45.8 Å². The molecule has 0 unspecified atom stereocenters. The molecule has 16 nitrogen and oxygen atoms in total. The van der Waals surface area contributed by atoms with Gasteiger partial charge in [0.25, 0.3) is 11.1 Å². The molecule has 0 saturated heterocycles. The third-order valence-electron chi connectivity index (χ3n) is 11.5. The van der Waals surface area contributed by atoms with Gasteiger partial charge in [-0.05, 0) is 133 Å². The fourth-order valence-electron chi connectivity index (χ4n) is 8.14. The molecule has 0 atom stereocenters. The SMILES string of the molecule is COc1cc2c(cc1-c1c(C)noc1C)cc(-c1ccncc1)c(=O)n2Cc1ccccn1.COc1cc2c(cc1-c1c(C)noc1C)cc(Br)c(=O)n2Cc1ccccn1.OB(O)c1ccncc1. The van der Waals surface area contributed by atoms with Crippen molar-refractivity contribution in [2.75, 3.05) is 14.2 Å². The lowest BCUT2D eigenvalue weighted by atomic mass is 9.81. The predicted octanol–water partition coefficient (Wildman–Crippen LogP) is 8.04. The second-order valence-corrected chi connectivity index (χ2v) is 16.8. The highest BCUT2D eigenvalue weighted by Crippen LogP contribution is 2.39. The number of hydrogen-bond donors (Lipinski definition) is 2. The zero-order chi connectivity index (χ0) is 49.5. The molecular formula is C52H46BBrN8O8. The van der Waals surface area contributed by atoms with Crippen LogP contribution in [0.1, 0.15) is 34.3 Å². The van der Waals surface area contributed by atoms with E-state index in [4.69, 9.17) is 28.6 Å². The number of rotatable bonds is 10. The number of benzene rings is 2. The highest BCUT2D eigenvalue weighted by atomic mass is 79.9. The van der Waals surface area contributed by atoms with Crippen LogP contribution in [0.3, 0.4) is 0 Å². The topological polar surface area (TPSA) is 207 Å². The van der Waals surface area contributed by atoms with Crippen LogP contribution in [0, 0.1) is 27.7 Å². The van der Waals surface area contributed by atoms with Gasteiger partial charge in [-0.2, -0.15) is 0 Å². The maximum Gasteiger partial charge on any atom is 0.488 e. The number of hydrogen-bond acceptors (Lipinski definition) is 14. The standard InChI is InChI=1S/C26H22N4O3.C21H18BrN3O3.C5H6BNO2/c1-16-25(17(2)33-29-16)22-13-19-12-21(18-7-10-27-11-8-18)26(31)30(23(19)14-24(22)32-3)15-20-6-4-5-9-28-20;1-12-20(13(2)28-24-12)16-8-14-9-17(22)21(26)25(18(14)10-19(16)27-3)11-15-6-4-5-7-23-15;8-6(9)5-1-3-7-4-2-5/h4-14H,15H2,1-3H3;4-10H,11H2,1-3H3;1-4,8-9H. The summed E-state index contributed by atoms with van der Waals surface area (Å²) < 4.78 is 26.0. The zero-order valence-corrected chi connectivity index (χ0v) is 40.6. The van der Waals surface area contributed by atoms with Crippen molar-refractivity contribution in [3.05, 3.63) is 194 Å². The Morgan fingerprint density at radius 2 is 1.04 bits per heavy atom. The number of halogens is 1. The van der Waals surface area contributed by atoms with Crippen LogP contribution >= 0.6 is 15.9 Å². The third-order valence-corrected chi connectivity index (χ3v) is 12.0. The Bertz CT molecular complexity index is 3510. The van der Waals surface area contributed by atoms with E-state index in [1.807, 2.05) is 113 Å². The molecular weight excluding hydrogens is 955 g/mol. The van der Waals surface area contributed by atoms with Gasteiger partial charge in [-0.15, -0.1) is 0 Å². The number of aryl methyl sites for hydroxylation is 4. The zero-order valence-electron chi connectivity index (χ0n) is 39.0. The van der Waals surface area contributed by atoms with Gasteiger partial charge in [0.1, 0.15) is 23.0 Å². The Balaban J connectivity index is 0.000000161. The van der Waals surface area contributed by atoms with Crippen molar-refractivity contribution in [1.82, 2.24) is 39.4 Å². The monoisotopic (exact) mass is 1000 g/mol. The van der Waals surface area contributed by atoms with Crippen molar-refractivity contribution in [1.29, 1.82) is 0 Å². The number of pyridine rings is 6. The molecule has 0 aliphatic rings. The van der Waals surface area contributed by atoms with E-state index in [-0.39, 0.29) is 11.1 Å². The first-order valence-electron chi connectivity index (χ1n) is 21.9. The van der Waals surface area contributed by atoms with Crippen molar-refractivity contribution < 1.29 is 28.6 Å². The molecule has 8 aromatic heterocycles. The van der Waals surface area contributed by atoms with Gasteiger partial charge < -0.3 is 37.7 Å². The van der Waals surface area contributed by atoms with E-state index < -0.39 is 7.12 Å². The average Bonchev–Trinajstić information content (AvgIpc) is 3.91. The molecule has 2 N–H and O–H groups in total. The molecule has 18 heteroatoms. The first-order chi connectivity index (χ1) is 33.9. The van der Waals surface area contributed by atoms with Gasteiger partial charge in [0.2, 0.25) is 0 Å². The van der Waals surface area contributed by atoms with E-state index in [0.717, 1.165) is 78.2 Å². The first-order valence-corrected chi connectivity index (χ1v) is 22.7. The number of nitrogens with zero attached hydrogens (tertiary/aromatic N) is 8. The molecule has 0 bridgehead atoms. The molecule has 0 fully saturated rings. The van der Waals surface area contributed by atoms with Gasteiger partial charge in [-0.25, -0.2) is 0 Å². The number of methoxy groups -OCH3 is 2. The van der Waals surface area contributed by atoms with Crippen molar-refractivity contribution >= 4 is 50.3 Å². The fraction of sp³-hybridized carbons (Fsp3) is 0.154. The Hall–Kier alpha value is -8.06. The predicted molar refractivity (Wildman–Crippen MR) is 271 cm³/mol. The summed E-state index contributed by atoms with van der Waals surface area (Å²) in [5, 5.41) is 27.0. The first kappa shape index (κ1) is 48.4. The highest BCUT2D eigenvalue weighted by molar-refractivity contribution is 9.10. The maximum atomic E-state index is 13.7. The van der Waals surface area contributed by atoms with Crippen LogP contribution in [-0.2, 0) is 13.1 Å². The van der Waals surface area contributed by atoms with E-state index in [9.17, 15) is 9.59 Å². The summed E-state index contributed by atoms with van der Waals surface area (Å²) in [7, 11) is 1.85. The smallest absolute Gasteiger partial charge is 0.488 e. The van der Waals surface area contributed by atoms with Crippen LogP contribution in [0.4, 0.5) is 0 Å². The van der Waals surface area contributed by atoms with Crippen molar-refractivity contribution in [2.24, 2.45) is 0 Å². The number of aromatic nitrogens is 8. The highest BCUT2D eigenvalue weighted by Gasteiger charge is 2.22. The van der Waals surface area contributed by atoms with Gasteiger partial charge in [0.15, 0.2) is 0 Å². The van der Waals surface area contributed by atoms with Gasteiger partial charge in [0.05, 0.1) is 76.7 Å². The summed E-state index contributed by atoms with van der Waals surface area (Å²) in [5.41, 5.74) is 9.86. The number of fused-ring (bicyclic) bond motifs is 2. The van der Waals surface area contributed by atoms with Gasteiger partial charge in [-0.3, -0.25) is 29.5 Å². The Kier molecular flexibility index (Phi) is 14.9. The minimum atomic E-state index is -1.38. The molecule has 0 radical (unpaired) electrons. The van der Waals surface area contributed by atoms with E-state index in [2.05, 4.69) is 46.2 Å². The Morgan fingerprint density at radius 1 is 0.586 bits per heavy atom. The van der Waals surface area contributed by atoms with Gasteiger partial charge >= 0.3 is 7.12 Å². The quantitative estimate of drug-likeness (QED) is 0.124. The molecule has 0 saturated carbocycles. The fourth-order valence-corrected chi connectivity index (χ4v) is 8.60. The summed E-state index contributed by atoms with van der Waals surface area (Å²) in [6.45, 7) is 8.25.